The molecule has 0 aromatic rings. The predicted octanol–water partition coefficient (Wildman–Crippen LogP) is 0.576. The second-order valence-electron chi connectivity index (χ2n) is 5.45. The zero-order valence-corrected chi connectivity index (χ0v) is 13.2. The van der Waals surface area contributed by atoms with E-state index in [4.69, 9.17) is 9.47 Å². The first kappa shape index (κ1) is 18.8. The Bertz CT molecular complexity index is 201. The summed E-state index contributed by atoms with van der Waals surface area (Å²) in [5.74, 6) is 0.536. The van der Waals surface area contributed by atoms with E-state index in [1.807, 2.05) is 6.92 Å². The van der Waals surface area contributed by atoms with Crippen molar-refractivity contribution in [3.63, 3.8) is 0 Å². The van der Waals surface area contributed by atoms with Crippen LogP contribution in [0.5, 0.6) is 0 Å². The Morgan fingerprint density at radius 1 is 1.16 bits per heavy atom. The van der Waals surface area contributed by atoms with Crippen LogP contribution in [0.15, 0.2) is 0 Å². The van der Waals surface area contributed by atoms with Gasteiger partial charge < -0.3 is 24.8 Å². The van der Waals surface area contributed by atoms with E-state index >= 15 is 0 Å². The molecule has 0 heterocycles. The van der Waals surface area contributed by atoms with Crippen molar-refractivity contribution in [3.8, 4) is 0 Å². The quantitative estimate of drug-likeness (QED) is 0.511. The van der Waals surface area contributed by atoms with Gasteiger partial charge in [-0.3, -0.25) is 0 Å². The summed E-state index contributed by atoms with van der Waals surface area (Å²) in [5, 5.41) is 13.2. The third-order valence-corrected chi connectivity index (χ3v) is 2.87. The molecule has 0 aliphatic heterocycles. The number of rotatable bonds is 12. The Labute approximate surface area is 118 Å². The molecule has 0 aliphatic carbocycles. The summed E-state index contributed by atoms with van der Waals surface area (Å²) in [6.45, 7) is 10.0. The molecule has 0 radical (unpaired) electrons. The molecule has 0 aliphatic rings. The SMILES string of the molecule is CCOCCOCC(O)CNC(CN(C)C)C(C)C. The van der Waals surface area contributed by atoms with Crippen LogP contribution in [0.25, 0.3) is 0 Å². The van der Waals surface area contributed by atoms with Gasteiger partial charge in [0.25, 0.3) is 0 Å². The molecule has 5 heteroatoms. The standard InChI is InChI=1S/C14H32N2O3/c1-6-18-7-8-19-11-13(17)9-15-14(12(2)3)10-16(4)5/h12-15,17H,6-11H2,1-5H3. The number of aliphatic hydroxyl groups is 1. The Kier molecular flexibility index (Phi) is 11.5. The van der Waals surface area contributed by atoms with Gasteiger partial charge in [0.15, 0.2) is 0 Å². The number of hydrogen-bond donors (Lipinski definition) is 2. The number of hydrogen-bond acceptors (Lipinski definition) is 5. The molecule has 2 unspecified atom stereocenters. The molecule has 0 aromatic heterocycles. The van der Waals surface area contributed by atoms with Gasteiger partial charge in [-0.05, 0) is 26.9 Å². The molecule has 0 fully saturated rings. The molecule has 0 saturated carbocycles. The van der Waals surface area contributed by atoms with Gasteiger partial charge in [0.2, 0.25) is 0 Å². The van der Waals surface area contributed by atoms with E-state index in [9.17, 15) is 5.11 Å². The fourth-order valence-corrected chi connectivity index (χ4v) is 1.73. The first-order valence-corrected chi connectivity index (χ1v) is 7.19. The average Bonchev–Trinajstić information content (AvgIpc) is 2.33. The van der Waals surface area contributed by atoms with Gasteiger partial charge in [-0.1, -0.05) is 13.8 Å². The fraction of sp³-hybridized carbons (Fsp3) is 1.00. The highest BCUT2D eigenvalue weighted by Gasteiger charge is 2.15. The second kappa shape index (κ2) is 11.6. The maximum Gasteiger partial charge on any atom is 0.0897 e. The molecular formula is C14H32N2O3. The highest BCUT2D eigenvalue weighted by atomic mass is 16.5. The van der Waals surface area contributed by atoms with E-state index < -0.39 is 6.10 Å². The molecule has 2 N–H and O–H groups in total. The third kappa shape index (κ3) is 11.3. The van der Waals surface area contributed by atoms with Crippen molar-refractivity contribution >= 4 is 0 Å². The molecular weight excluding hydrogens is 244 g/mol. The van der Waals surface area contributed by atoms with Crippen molar-refractivity contribution in [2.24, 2.45) is 5.92 Å². The van der Waals surface area contributed by atoms with E-state index in [2.05, 4.69) is 38.2 Å². The Hall–Kier alpha value is -0.200. The fourth-order valence-electron chi connectivity index (χ4n) is 1.73. The molecule has 19 heavy (non-hydrogen) atoms. The summed E-state index contributed by atoms with van der Waals surface area (Å²) in [7, 11) is 4.12. The second-order valence-corrected chi connectivity index (χ2v) is 5.45. The molecule has 2 atom stereocenters. The molecule has 116 valence electrons. The lowest BCUT2D eigenvalue weighted by Crippen LogP contribution is -2.45. The minimum atomic E-state index is -0.468. The van der Waals surface area contributed by atoms with Crippen LogP contribution in [0.1, 0.15) is 20.8 Å². The van der Waals surface area contributed by atoms with Crippen molar-refractivity contribution in [2.45, 2.75) is 32.9 Å². The predicted molar refractivity (Wildman–Crippen MR) is 78.5 cm³/mol. The number of ether oxygens (including phenoxy) is 2. The topological polar surface area (TPSA) is 54.0 Å². The van der Waals surface area contributed by atoms with E-state index in [0.29, 0.717) is 44.9 Å². The molecule has 0 spiro atoms. The minimum absolute atomic E-state index is 0.354. The number of nitrogens with one attached hydrogen (secondary N) is 1. The zero-order valence-electron chi connectivity index (χ0n) is 13.2. The highest BCUT2D eigenvalue weighted by Crippen LogP contribution is 2.02. The molecule has 0 saturated heterocycles. The summed E-state index contributed by atoms with van der Waals surface area (Å²) in [5.41, 5.74) is 0. The molecule has 5 nitrogen and oxygen atoms in total. The van der Waals surface area contributed by atoms with E-state index in [-0.39, 0.29) is 0 Å². The van der Waals surface area contributed by atoms with Crippen molar-refractivity contribution in [3.05, 3.63) is 0 Å². The maximum atomic E-state index is 9.83. The first-order valence-electron chi connectivity index (χ1n) is 7.19. The largest absolute Gasteiger partial charge is 0.389 e. The summed E-state index contributed by atoms with van der Waals surface area (Å²) >= 11 is 0. The average molecular weight is 276 g/mol. The molecule has 0 amide bonds. The van der Waals surface area contributed by atoms with Crippen molar-refractivity contribution in [1.82, 2.24) is 10.2 Å². The van der Waals surface area contributed by atoms with Crippen LogP contribution >= 0.6 is 0 Å². The molecule has 0 aromatic carbocycles. The highest BCUT2D eigenvalue weighted by molar-refractivity contribution is 4.74. The van der Waals surface area contributed by atoms with E-state index in [0.717, 1.165) is 6.54 Å². The summed E-state index contributed by atoms with van der Waals surface area (Å²) in [6, 6.07) is 0.382. The van der Waals surface area contributed by atoms with E-state index in [1.54, 1.807) is 0 Å². The molecule has 0 bridgehead atoms. The van der Waals surface area contributed by atoms with Crippen molar-refractivity contribution in [1.29, 1.82) is 0 Å². The smallest absolute Gasteiger partial charge is 0.0897 e. The van der Waals surface area contributed by atoms with Gasteiger partial charge in [0, 0.05) is 25.7 Å². The first-order chi connectivity index (χ1) is 8.97. The van der Waals surface area contributed by atoms with Gasteiger partial charge in [-0.25, -0.2) is 0 Å². The normalized spacial score (nSPS) is 15.2. The van der Waals surface area contributed by atoms with Crippen molar-refractivity contribution in [2.75, 3.05) is 53.6 Å². The van der Waals surface area contributed by atoms with Crippen LogP contribution in [0.4, 0.5) is 0 Å². The van der Waals surface area contributed by atoms with E-state index in [1.165, 1.54) is 0 Å². The van der Waals surface area contributed by atoms with Crippen LogP contribution in [-0.4, -0.2) is 75.8 Å². The van der Waals surface area contributed by atoms with Gasteiger partial charge in [0.05, 0.1) is 25.9 Å². The van der Waals surface area contributed by atoms with Gasteiger partial charge in [-0.15, -0.1) is 0 Å². The van der Waals surface area contributed by atoms with Crippen LogP contribution in [0.2, 0.25) is 0 Å². The Morgan fingerprint density at radius 2 is 1.79 bits per heavy atom. The maximum absolute atomic E-state index is 9.83. The van der Waals surface area contributed by atoms with Crippen LogP contribution in [0, 0.1) is 5.92 Å². The summed E-state index contributed by atoms with van der Waals surface area (Å²) in [6.07, 6.45) is -0.468. The zero-order chi connectivity index (χ0) is 14.7. The van der Waals surface area contributed by atoms with Crippen LogP contribution < -0.4 is 5.32 Å². The van der Waals surface area contributed by atoms with Crippen LogP contribution in [-0.2, 0) is 9.47 Å². The Balaban J connectivity index is 3.70. The van der Waals surface area contributed by atoms with Crippen molar-refractivity contribution < 1.29 is 14.6 Å². The number of likely N-dealkylation sites (N-methyl/N-ethyl adjacent to an activating group) is 1. The van der Waals surface area contributed by atoms with Gasteiger partial charge >= 0.3 is 0 Å². The van der Waals surface area contributed by atoms with Crippen LogP contribution in [0.3, 0.4) is 0 Å². The number of aliphatic hydroxyl groups excluding tert-OH is 1. The summed E-state index contributed by atoms with van der Waals surface area (Å²) in [4.78, 5) is 2.16. The monoisotopic (exact) mass is 276 g/mol. The third-order valence-electron chi connectivity index (χ3n) is 2.87. The lowest BCUT2D eigenvalue weighted by Gasteiger charge is -2.26. The lowest BCUT2D eigenvalue weighted by atomic mass is 10.0. The lowest BCUT2D eigenvalue weighted by molar-refractivity contribution is 0.00504. The Morgan fingerprint density at radius 3 is 2.32 bits per heavy atom. The van der Waals surface area contributed by atoms with Gasteiger partial charge in [0.1, 0.15) is 0 Å². The van der Waals surface area contributed by atoms with Gasteiger partial charge in [-0.2, -0.15) is 0 Å². The number of nitrogens with zero attached hydrogens (tertiary/aromatic N) is 1. The molecule has 0 rings (SSSR count). The minimum Gasteiger partial charge on any atom is -0.389 e. The summed E-state index contributed by atoms with van der Waals surface area (Å²) < 4.78 is 10.5.